The first kappa shape index (κ1) is 13.9. The molecule has 1 aliphatic rings. The van der Waals surface area contributed by atoms with Crippen molar-refractivity contribution in [2.75, 3.05) is 25.0 Å². The average Bonchev–Trinajstić information content (AvgIpc) is 2.83. The number of nitrogens with one attached hydrogen (secondary N) is 1. The van der Waals surface area contributed by atoms with Crippen molar-refractivity contribution in [2.45, 2.75) is 32.8 Å². The molecular formula is C15H22N2O2. The molecule has 1 fully saturated rings. The quantitative estimate of drug-likeness (QED) is 0.886. The van der Waals surface area contributed by atoms with Crippen molar-refractivity contribution >= 4 is 11.6 Å². The predicted octanol–water partition coefficient (Wildman–Crippen LogP) is 2.51. The van der Waals surface area contributed by atoms with Gasteiger partial charge in [-0.3, -0.25) is 9.69 Å². The Morgan fingerprint density at radius 3 is 2.47 bits per heavy atom. The minimum Gasteiger partial charge on any atom is -0.491 e. The zero-order chi connectivity index (χ0) is 13.7. The molecule has 4 heteroatoms. The molecule has 0 spiro atoms. The monoisotopic (exact) mass is 262 g/mol. The summed E-state index contributed by atoms with van der Waals surface area (Å²) in [5.74, 6) is 0.881. The van der Waals surface area contributed by atoms with E-state index in [9.17, 15) is 4.79 Å². The van der Waals surface area contributed by atoms with Gasteiger partial charge in [-0.05, 0) is 64.0 Å². The summed E-state index contributed by atoms with van der Waals surface area (Å²) in [7, 11) is 0. The SMILES string of the molecule is CC(C)Oc1ccc(NC(=O)CN2CCCC2)cc1. The molecule has 0 atom stereocenters. The molecule has 0 saturated carbocycles. The van der Waals surface area contributed by atoms with Crippen molar-refractivity contribution in [2.24, 2.45) is 0 Å². The molecule has 4 nitrogen and oxygen atoms in total. The zero-order valence-electron chi connectivity index (χ0n) is 11.7. The van der Waals surface area contributed by atoms with Crippen LogP contribution in [0.25, 0.3) is 0 Å². The number of amides is 1. The summed E-state index contributed by atoms with van der Waals surface area (Å²) < 4.78 is 5.56. The lowest BCUT2D eigenvalue weighted by atomic mass is 10.3. The maximum Gasteiger partial charge on any atom is 0.238 e. The molecule has 1 aliphatic heterocycles. The molecular weight excluding hydrogens is 240 g/mol. The highest BCUT2D eigenvalue weighted by Crippen LogP contribution is 2.17. The fraction of sp³-hybridized carbons (Fsp3) is 0.533. The number of hydrogen-bond donors (Lipinski definition) is 1. The molecule has 1 aromatic carbocycles. The summed E-state index contributed by atoms with van der Waals surface area (Å²) in [5.41, 5.74) is 0.820. The van der Waals surface area contributed by atoms with E-state index in [4.69, 9.17) is 4.74 Å². The molecule has 0 radical (unpaired) electrons. The third kappa shape index (κ3) is 4.56. The van der Waals surface area contributed by atoms with Crippen LogP contribution in [0.1, 0.15) is 26.7 Å². The number of rotatable bonds is 5. The van der Waals surface area contributed by atoms with Gasteiger partial charge < -0.3 is 10.1 Å². The molecule has 0 bridgehead atoms. The van der Waals surface area contributed by atoms with Gasteiger partial charge in [0.1, 0.15) is 5.75 Å². The minimum absolute atomic E-state index is 0.0550. The van der Waals surface area contributed by atoms with Crippen LogP contribution in [0.15, 0.2) is 24.3 Å². The van der Waals surface area contributed by atoms with E-state index in [1.807, 2.05) is 38.1 Å². The van der Waals surface area contributed by atoms with Gasteiger partial charge in [0, 0.05) is 5.69 Å². The Morgan fingerprint density at radius 2 is 1.89 bits per heavy atom. The zero-order valence-corrected chi connectivity index (χ0v) is 11.7. The van der Waals surface area contributed by atoms with Gasteiger partial charge in [-0.2, -0.15) is 0 Å². The van der Waals surface area contributed by atoms with Crippen LogP contribution in [0.2, 0.25) is 0 Å². The molecule has 0 unspecified atom stereocenters. The van der Waals surface area contributed by atoms with Crippen molar-refractivity contribution in [3.05, 3.63) is 24.3 Å². The molecule has 1 aromatic rings. The van der Waals surface area contributed by atoms with E-state index >= 15 is 0 Å². The van der Waals surface area contributed by atoms with Gasteiger partial charge in [-0.1, -0.05) is 0 Å². The summed E-state index contributed by atoms with van der Waals surface area (Å²) >= 11 is 0. The Labute approximate surface area is 114 Å². The van der Waals surface area contributed by atoms with E-state index in [2.05, 4.69) is 10.2 Å². The summed E-state index contributed by atoms with van der Waals surface area (Å²) in [6.07, 6.45) is 2.57. The molecule has 1 amide bonds. The second-order valence-electron chi connectivity index (χ2n) is 5.22. The average molecular weight is 262 g/mol. The smallest absolute Gasteiger partial charge is 0.238 e. The highest BCUT2D eigenvalue weighted by Gasteiger charge is 2.14. The maximum absolute atomic E-state index is 11.8. The molecule has 104 valence electrons. The fourth-order valence-electron chi connectivity index (χ4n) is 2.23. The summed E-state index contributed by atoms with van der Waals surface area (Å²) in [4.78, 5) is 14.0. The minimum atomic E-state index is 0.0550. The van der Waals surface area contributed by atoms with E-state index < -0.39 is 0 Å². The van der Waals surface area contributed by atoms with Crippen LogP contribution in [-0.4, -0.2) is 36.5 Å². The standard InChI is InChI=1S/C15H22N2O2/c1-12(2)19-14-7-5-13(6-8-14)16-15(18)11-17-9-3-4-10-17/h5-8,12H,3-4,9-11H2,1-2H3,(H,16,18). The summed E-state index contributed by atoms with van der Waals surface area (Å²) in [6.45, 7) is 6.55. The highest BCUT2D eigenvalue weighted by molar-refractivity contribution is 5.92. The topological polar surface area (TPSA) is 41.6 Å². The molecule has 19 heavy (non-hydrogen) atoms. The first-order valence-electron chi connectivity index (χ1n) is 6.92. The van der Waals surface area contributed by atoms with Crippen LogP contribution < -0.4 is 10.1 Å². The second kappa shape index (κ2) is 6.57. The highest BCUT2D eigenvalue weighted by atomic mass is 16.5. The Kier molecular flexibility index (Phi) is 4.80. The van der Waals surface area contributed by atoms with Crippen molar-refractivity contribution in [3.63, 3.8) is 0 Å². The van der Waals surface area contributed by atoms with E-state index in [-0.39, 0.29) is 12.0 Å². The van der Waals surface area contributed by atoms with Gasteiger partial charge in [0.25, 0.3) is 0 Å². The maximum atomic E-state index is 11.8. The van der Waals surface area contributed by atoms with Crippen LogP contribution >= 0.6 is 0 Å². The lowest BCUT2D eigenvalue weighted by Crippen LogP contribution is -2.30. The fourth-order valence-corrected chi connectivity index (χ4v) is 2.23. The van der Waals surface area contributed by atoms with Gasteiger partial charge >= 0.3 is 0 Å². The summed E-state index contributed by atoms with van der Waals surface area (Å²) in [5, 5.41) is 2.91. The van der Waals surface area contributed by atoms with E-state index in [0.717, 1.165) is 24.5 Å². The number of likely N-dealkylation sites (tertiary alicyclic amines) is 1. The Bertz CT molecular complexity index is 409. The van der Waals surface area contributed by atoms with Gasteiger partial charge in [0.05, 0.1) is 12.6 Å². The molecule has 0 aromatic heterocycles. The van der Waals surface area contributed by atoms with Crippen LogP contribution in [0.4, 0.5) is 5.69 Å². The third-order valence-corrected chi connectivity index (χ3v) is 3.08. The largest absolute Gasteiger partial charge is 0.491 e. The molecule has 0 aliphatic carbocycles. The lowest BCUT2D eigenvalue weighted by molar-refractivity contribution is -0.117. The van der Waals surface area contributed by atoms with Crippen molar-refractivity contribution < 1.29 is 9.53 Å². The number of nitrogens with zero attached hydrogens (tertiary/aromatic N) is 1. The van der Waals surface area contributed by atoms with Crippen LogP contribution in [0.5, 0.6) is 5.75 Å². The first-order valence-corrected chi connectivity index (χ1v) is 6.92. The lowest BCUT2D eigenvalue weighted by Gasteiger charge is -2.14. The number of anilines is 1. The Hall–Kier alpha value is -1.55. The Balaban J connectivity index is 1.82. The van der Waals surface area contributed by atoms with Gasteiger partial charge in [-0.15, -0.1) is 0 Å². The van der Waals surface area contributed by atoms with Crippen LogP contribution in [0.3, 0.4) is 0 Å². The molecule has 1 saturated heterocycles. The Morgan fingerprint density at radius 1 is 1.26 bits per heavy atom. The van der Waals surface area contributed by atoms with Crippen LogP contribution in [-0.2, 0) is 4.79 Å². The normalized spacial score (nSPS) is 15.7. The third-order valence-electron chi connectivity index (χ3n) is 3.08. The van der Waals surface area contributed by atoms with Crippen molar-refractivity contribution in [1.29, 1.82) is 0 Å². The van der Waals surface area contributed by atoms with E-state index in [1.54, 1.807) is 0 Å². The number of benzene rings is 1. The van der Waals surface area contributed by atoms with E-state index in [0.29, 0.717) is 6.54 Å². The predicted molar refractivity (Wildman–Crippen MR) is 76.5 cm³/mol. The van der Waals surface area contributed by atoms with Crippen molar-refractivity contribution in [3.8, 4) is 5.75 Å². The molecule has 1 heterocycles. The number of carbonyl (C=O) groups is 1. The van der Waals surface area contributed by atoms with Gasteiger partial charge in [0.15, 0.2) is 0 Å². The molecule has 1 N–H and O–H groups in total. The number of carbonyl (C=O) groups excluding carboxylic acids is 1. The van der Waals surface area contributed by atoms with E-state index in [1.165, 1.54) is 12.8 Å². The van der Waals surface area contributed by atoms with Crippen LogP contribution in [0, 0.1) is 0 Å². The van der Waals surface area contributed by atoms with Gasteiger partial charge in [-0.25, -0.2) is 0 Å². The number of hydrogen-bond acceptors (Lipinski definition) is 3. The molecule has 2 rings (SSSR count). The number of ether oxygens (including phenoxy) is 1. The summed E-state index contributed by atoms with van der Waals surface area (Å²) in [6, 6.07) is 7.51. The first-order chi connectivity index (χ1) is 9.13. The van der Waals surface area contributed by atoms with Crippen molar-refractivity contribution in [1.82, 2.24) is 4.90 Å². The second-order valence-corrected chi connectivity index (χ2v) is 5.22. The van der Waals surface area contributed by atoms with Gasteiger partial charge in [0.2, 0.25) is 5.91 Å².